The summed E-state index contributed by atoms with van der Waals surface area (Å²) in [6.07, 6.45) is 0. The fraction of sp³-hybridized carbons (Fsp3) is 0.125. The third-order valence-corrected chi connectivity index (χ3v) is 1.89. The Labute approximate surface area is 83.2 Å². The van der Waals surface area contributed by atoms with Gasteiger partial charge in [0.25, 0.3) is 0 Å². The molecule has 0 radical (unpaired) electrons. The van der Waals surface area contributed by atoms with Gasteiger partial charge < -0.3 is 5.11 Å². The molecule has 1 aromatic heterocycles. The van der Waals surface area contributed by atoms with Crippen molar-refractivity contribution < 1.29 is 9.50 Å². The van der Waals surface area contributed by atoms with Crippen molar-refractivity contribution in [1.82, 2.24) is 19.8 Å². The maximum absolute atomic E-state index is 12.7. The summed E-state index contributed by atoms with van der Waals surface area (Å²) >= 11 is 0. The predicted molar refractivity (Wildman–Crippen MR) is 48.2 cm³/mol. The second-order valence-electron chi connectivity index (χ2n) is 2.93. The van der Waals surface area contributed by atoms with Crippen LogP contribution in [0.5, 0.6) is 5.75 Å². The molecule has 2 rings (SSSR count). The van der Waals surface area contributed by atoms with E-state index in [9.17, 15) is 14.3 Å². The average molecular weight is 210 g/mol. The van der Waals surface area contributed by atoms with Crippen LogP contribution in [0.15, 0.2) is 23.0 Å². The third kappa shape index (κ3) is 1.47. The van der Waals surface area contributed by atoms with Gasteiger partial charge in [-0.2, -0.15) is 9.36 Å². The van der Waals surface area contributed by atoms with Gasteiger partial charge in [0.15, 0.2) is 0 Å². The summed E-state index contributed by atoms with van der Waals surface area (Å²) in [7, 11) is 1.42. The van der Waals surface area contributed by atoms with Crippen LogP contribution in [0, 0.1) is 5.82 Å². The smallest absolute Gasteiger partial charge is 0.368 e. The van der Waals surface area contributed by atoms with Crippen molar-refractivity contribution in [2.45, 2.75) is 0 Å². The number of benzene rings is 1. The van der Waals surface area contributed by atoms with Crippen LogP contribution in [0.25, 0.3) is 5.69 Å². The van der Waals surface area contributed by atoms with Crippen molar-refractivity contribution in [1.29, 1.82) is 0 Å². The number of phenolic OH excluding ortho intramolecular Hbond substituents is 1. The zero-order valence-electron chi connectivity index (χ0n) is 7.75. The number of halogens is 1. The number of hydrogen-bond donors (Lipinski definition) is 1. The van der Waals surface area contributed by atoms with Crippen molar-refractivity contribution in [3.8, 4) is 11.4 Å². The van der Waals surface area contributed by atoms with Gasteiger partial charge in [0.1, 0.15) is 17.3 Å². The molecule has 15 heavy (non-hydrogen) atoms. The Morgan fingerprint density at radius 3 is 2.67 bits per heavy atom. The molecule has 0 saturated heterocycles. The first kappa shape index (κ1) is 9.38. The van der Waals surface area contributed by atoms with E-state index in [4.69, 9.17) is 0 Å². The van der Waals surface area contributed by atoms with E-state index in [1.807, 2.05) is 0 Å². The highest BCUT2D eigenvalue weighted by Crippen LogP contribution is 2.19. The molecule has 0 aliphatic heterocycles. The lowest BCUT2D eigenvalue weighted by Crippen LogP contribution is -2.21. The normalized spacial score (nSPS) is 10.5. The first-order chi connectivity index (χ1) is 7.09. The summed E-state index contributed by atoms with van der Waals surface area (Å²) < 4.78 is 14.6. The Hall–Kier alpha value is -2.18. The van der Waals surface area contributed by atoms with Crippen molar-refractivity contribution in [3.63, 3.8) is 0 Å². The molecule has 2 aromatic rings. The Bertz CT molecular complexity index is 560. The summed E-state index contributed by atoms with van der Waals surface area (Å²) in [5.41, 5.74) is -0.425. The van der Waals surface area contributed by atoms with Crippen LogP contribution in [-0.2, 0) is 7.05 Å². The molecule has 6 nitrogen and oxygen atoms in total. The monoisotopic (exact) mass is 210 g/mol. The Morgan fingerprint density at radius 2 is 2.13 bits per heavy atom. The van der Waals surface area contributed by atoms with Crippen LogP contribution in [0.2, 0.25) is 0 Å². The van der Waals surface area contributed by atoms with Crippen LogP contribution in [-0.4, -0.2) is 24.9 Å². The van der Waals surface area contributed by atoms with E-state index in [1.165, 1.54) is 13.1 Å². The molecule has 0 unspecified atom stereocenters. The highest BCUT2D eigenvalue weighted by molar-refractivity contribution is 5.44. The Kier molecular flexibility index (Phi) is 2.00. The van der Waals surface area contributed by atoms with Gasteiger partial charge >= 0.3 is 5.69 Å². The lowest BCUT2D eigenvalue weighted by atomic mass is 10.3. The first-order valence-corrected chi connectivity index (χ1v) is 4.07. The van der Waals surface area contributed by atoms with Crippen LogP contribution in [0.4, 0.5) is 4.39 Å². The van der Waals surface area contributed by atoms with E-state index < -0.39 is 11.5 Å². The van der Waals surface area contributed by atoms with Crippen molar-refractivity contribution in [2.24, 2.45) is 7.05 Å². The average Bonchev–Trinajstić information content (AvgIpc) is 2.49. The van der Waals surface area contributed by atoms with Gasteiger partial charge in [-0.3, -0.25) is 0 Å². The highest BCUT2D eigenvalue weighted by Gasteiger charge is 2.10. The van der Waals surface area contributed by atoms with Gasteiger partial charge in [-0.05, 0) is 22.6 Å². The van der Waals surface area contributed by atoms with E-state index >= 15 is 0 Å². The van der Waals surface area contributed by atoms with E-state index in [1.54, 1.807) is 0 Å². The summed E-state index contributed by atoms with van der Waals surface area (Å²) in [5, 5.41) is 16.4. The molecular weight excluding hydrogens is 203 g/mol. The molecule has 1 aromatic carbocycles. The van der Waals surface area contributed by atoms with Gasteiger partial charge in [0.05, 0.1) is 0 Å². The van der Waals surface area contributed by atoms with E-state index in [0.29, 0.717) is 0 Å². The number of rotatable bonds is 1. The molecule has 0 saturated carbocycles. The van der Waals surface area contributed by atoms with E-state index in [0.717, 1.165) is 21.5 Å². The van der Waals surface area contributed by atoms with Gasteiger partial charge in [0, 0.05) is 13.1 Å². The molecule has 0 amide bonds. The topological polar surface area (TPSA) is 72.9 Å². The van der Waals surface area contributed by atoms with Crippen molar-refractivity contribution in [3.05, 3.63) is 34.5 Å². The lowest BCUT2D eigenvalue weighted by Gasteiger charge is -2.00. The standard InChI is InChI=1S/C8H7FN4O2/c1-12-8(15)13(11-10-12)6-3-2-5(9)4-7(6)14/h2-4,14H,1H3. The molecule has 1 N–H and O–H groups in total. The summed E-state index contributed by atoms with van der Waals surface area (Å²) in [6, 6.07) is 3.27. The van der Waals surface area contributed by atoms with E-state index in [-0.39, 0.29) is 11.4 Å². The molecule has 7 heteroatoms. The van der Waals surface area contributed by atoms with Crippen LogP contribution in [0.1, 0.15) is 0 Å². The second-order valence-corrected chi connectivity index (χ2v) is 2.93. The molecule has 78 valence electrons. The predicted octanol–water partition coefficient (Wildman–Crippen LogP) is -0.189. The highest BCUT2D eigenvalue weighted by atomic mass is 19.1. The molecule has 0 fully saturated rings. The van der Waals surface area contributed by atoms with Gasteiger partial charge in [-0.25, -0.2) is 9.18 Å². The van der Waals surface area contributed by atoms with Crippen LogP contribution < -0.4 is 5.69 Å². The zero-order valence-corrected chi connectivity index (χ0v) is 7.75. The number of tetrazole rings is 1. The van der Waals surface area contributed by atoms with Crippen LogP contribution in [0.3, 0.4) is 0 Å². The summed E-state index contributed by atoms with van der Waals surface area (Å²) in [4.78, 5) is 11.4. The molecule has 0 atom stereocenters. The van der Waals surface area contributed by atoms with E-state index in [2.05, 4.69) is 10.4 Å². The number of phenols is 1. The maximum Gasteiger partial charge on any atom is 0.368 e. The molecule has 0 aliphatic carbocycles. The van der Waals surface area contributed by atoms with Crippen LogP contribution >= 0.6 is 0 Å². The second kappa shape index (κ2) is 3.19. The largest absolute Gasteiger partial charge is 0.506 e. The zero-order chi connectivity index (χ0) is 11.0. The quantitative estimate of drug-likeness (QED) is 0.708. The first-order valence-electron chi connectivity index (χ1n) is 4.07. The summed E-state index contributed by atoms with van der Waals surface area (Å²) in [6.45, 7) is 0. The molecular formula is C8H7FN4O2. The summed E-state index contributed by atoms with van der Waals surface area (Å²) in [5.74, 6) is -0.953. The number of aromatic nitrogens is 4. The fourth-order valence-electron chi connectivity index (χ4n) is 1.14. The maximum atomic E-state index is 12.7. The number of nitrogens with zero attached hydrogens (tertiary/aromatic N) is 4. The number of aryl methyl sites for hydroxylation is 1. The fourth-order valence-corrected chi connectivity index (χ4v) is 1.14. The lowest BCUT2D eigenvalue weighted by molar-refractivity contribution is 0.463. The molecule has 1 heterocycles. The van der Waals surface area contributed by atoms with Gasteiger partial charge in [-0.15, -0.1) is 0 Å². The molecule has 0 bridgehead atoms. The van der Waals surface area contributed by atoms with Gasteiger partial charge in [-0.1, -0.05) is 0 Å². The molecule has 0 spiro atoms. The minimum absolute atomic E-state index is 0.0921. The van der Waals surface area contributed by atoms with Crippen molar-refractivity contribution >= 4 is 0 Å². The van der Waals surface area contributed by atoms with Gasteiger partial charge in [0.2, 0.25) is 0 Å². The Morgan fingerprint density at radius 1 is 1.40 bits per heavy atom. The van der Waals surface area contributed by atoms with Crippen molar-refractivity contribution in [2.75, 3.05) is 0 Å². The molecule has 0 aliphatic rings. The number of aromatic hydroxyl groups is 1. The SMILES string of the molecule is Cn1nnn(-c2ccc(F)cc2O)c1=O. The minimum atomic E-state index is -0.590. The Balaban J connectivity index is 2.64. The number of hydrogen-bond acceptors (Lipinski definition) is 4. The third-order valence-electron chi connectivity index (χ3n) is 1.89. The minimum Gasteiger partial charge on any atom is -0.506 e.